The van der Waals surface area contributed by atoms with Gasteiger partial charge in [0, 0.05) is 16.2 Å². The second-order valence-corrected chi connectivity index (χ2v) is 7.98. The maximum Gasteiger partial charge on any atom is 0.0701 e. The number of thiophene rings is 1. The Morgan fingerprint density at radius 1 is 1.50 bits per heavy atom. The molecule has 0 bridgehead atoms. The van der Waals surface area contributed by atoms with E-state index in [-0.39, 0.29) is 0 Å². The van der Waals surface area contributed by atoms with E-state index < -0.39 is 0 Å². The molecule has 1 aromatic heterocycles. The highest BCUT2D eigenvalue weighted by molar-refractivity contribution is 9.11. The lowest BCUT2D eigenvalue weighted by atomic mass is 10.0. The SMILES string of the molecule is NNC(Cc1ccc(Br)s1)C1CCCCS1. The van der Waals surface area contributed by atoms with Gasteiger partial charge in [-0.3, -0.25) is 11.3 Å². The highest BCUT2D eigenvalue weighted by atomic mass is 79.9. The molecule has 1 aliphatic heterocycles. The summed E-state index contributed by atoms with van der Waals surface area (Å²) in [4.78, 5) is 1.40. The molecular weight excluding hydrogens is 304 g/mol. The summed E-state index contributed by atoms with van der Waals surface area (Å²) < 4.78 is 1.20. The molecule has 0 aromatic carbocycles. The first kappa shape index (κ1) is 12.9. The van der Waals surface area contributed by atoms with Gasteiger partial charge in [-0.2, -0.15) is 11.8 Å². The Bertz CT molecular complexity index is 324. The zero-order valence-corrected chi connectivity index (χ0v) is 12.3. The topological polar surface area (TPSA) is 38.0 Å². The summed E-state index contributed by atoms with van der Waals surface area (Å²) in [7, 11) is 0. The van der Waals surface area contributed by atoms with E-state index in [1.54, 1.807) is 0 Å². The first-order valence-electron chi connectivity index (χ1n) is 5.61. The average Bonchev–Trinajstić information content (AvgIpc) is 2.73. The lowest BCUT2D eigenvalue weighted by molar-refractivity contribution is 0.474. The van der Waals surface area contributed by atoms with Gasteiger partial charge >= 0.3 is 0 Å². The highest BCUT2D eigenvalue weighted by Crippen LogP contribution is 2.30. The minimum atomic E-state index is 0.413. The molecular formula is C11H17BrN2S2. The van der Waals surface area contributed by atoms with Crippen molar-refractivity contribution in [1.29, 1.82) is 0 Å². The molecule has 3 N–H and O–H groups in total. The van der Waals surface area contributed by atoms with Crippen molar-refractivity contribution in [2.75, 3.05) is 5.75 Å². The van der Waals surface area contributed by atoms with Crippen LogP contribution in [0.3, 0.4) is 0 Å². The van der Waals surface area contributed by atoms with Crippen LogP contribution >= 0.6 is 39.0 Å². The predicted octanol–water partition coefficient (Wildman–Crippen LogP) is 3.17. The van der Waals surface area contributed by atoms with Crippen LogP contribution in [-0.4, -0.2) is 17.0 Å². The van der Waals surface area contributed by atoms with Gasteiger partial charge < -0.3 is 0 Å². The van der Waals surface area contributed by atoms with Gasteiger partial charge in [-0.25, -0.2) is 0 Å². The Balaban J connectivity index is 1.94. The molecule has 90 valence electrons. The van der Waals surface area contributed by atoms with E-state index in [1.807, 2.05) is 11.3 Å². The number of thioether (sulfide) groups is 1. The van der Waals surface area contributed by atoms with Gasteiger partial charge in [-0.15, -0.1) is 11.3 Å². The Kier molecular flexibility index (Phi) is 5.16. The molecule has 1 aliphatic rings. The van der Waals surface area contributed by atoms with Gasteiger partial charge in [-0.1, -0.05) is 6.42 Å². The van der Waals surface area contributed by atoms with Crippen LogP contribution in [0.25, 0.3) is 0 Å². The van der Waals surface area contributed by atoms with Crippen molar-refractivity contribution in [3.05, 3.63) is 20.8 Å². The summed E-state index contributed by atoms with van der Waals surface area (Å²) in [5.41, 5.74) is 3.00. The molecule has 1 saturated heterocycles. The molecule has 2 rings (SSSR count). The Morgan fingerprint density at radius 3 is 2.94 bits per heavy atom. The van der Waals surface area contributed by atoms with Gasteiger partial charge in [0.15, 0.2) is 0 Å². The maximum absolute atomic E-state index is 5.69. The van der Waals surface area contributed by atoms with Gasteiger partial charge in [0.25, 0.3) is 0 Å². The number of hydrogen-bond acceptors (Lipinski definition) is 4. The number of hydrazine groups is 1. The fraction of sp³-hybridized carbons (Fsp3) is 0.636. The predicted molar refractivity (Wildman–Crippen MR) is 76.9 cm³/mol. The normalized spacial score (nSPS) is 23.2. The fourth-order valence-electron chi connectivity index (χ4n) is 2.06. The third-order valence-electron chi connectivity index (χ3n) is 2.93. The van der Waals surface area contributed by atoms with Gasteiger partial charge in [0.2, 0.25) is 0 Å². The Labute approximate surface area is 113 Å². The molecule has 0 amide bonds. The third-order valence-corrected chi connectivity index (χ3v) is 6.09. The minimum absolute atomic E-state index is 0.413. The van der Waals surface area contributed by atoms with Crippen LogP contribution in [0.2, 0.25) is 0 Å². The summed E-state index contributed by atoms with van der Waals surface area (Å²) in [5.74, 6) is 6.98. The molecule has 0 radical (unpaired) electrons. The van der Waals surface area contributed by atoms with Crippen molar-refractivity contribution < 1.29 is 0 Å². The van der Waals surface area contributed by atoms with Crippen molar-refractivity contribution in [3.63, 3.8) is 0 Å². The molecule has 2 atom stereocenters. The number of rotatable bonds is 4. The van der Waals surface area contributed by atoms with Crippen molar-refractivity contribution in [1.82, 2.24) is 5.43 Å². The smallest absolute Gasteiger partial charge is 0.0701 e. The zero-order chi connectivity index (χ0) is 11.4. The molecule has 1 aromatic rings. The van der Waals surface area contributed by atoms with E-state index in [0.717, 1.165) is 6.42 Å². The van der Waals surface area contributed by atoms with Crippen LogP contribution < -0.4 is 11.3 Å². The molecule has 2 unspecified atom stereocenters. The molecule has 16 heavy (non-hydrogen) atoms. The van der Waals surface area contributed by atoms with Crippen molar-refractivity contribution in [2.24, 2.45) is 5.84 Å². The number of nitrogens with one attached hydrogen (secondary N) is 1. The Morgan fingerprint density at radius 2 is 2.38 bits per heavy atom. The van der Waals surface area contributed by atoms with Gasteiger partial charge in [-0.05, 0) is 53.1 Å². The second kappa shape index (κ2) is 6.40. The molecule has 0 aliphatic carbocycles. The van der Waals surface area contributed by atoms with Crippen LogP contribution in [-0.2, 0) is 6.42 Å². The fourth-order valence-corrected chi connectivity index (χ4v) is 5.01. The van der Waals surface area contributed by atoms with E-state index in [0.29, 0.717) is 11.3 Å². The molecule has 1 fully saturated rings. The van der Waals surface area contributed by atoms with Crippen molar-refractivity contribution >= 4 is 39.0 Å². The zero-order valence-electron chi connectivity index (χ0n) is 9.12. The van der Waals surface area contributed by atoms with Crippen molar-refractivity contribution in [2.45, 2.75) is 37.0 Å². The monoisotopic (exact) mass is 320 g/mol. The minimum Gasteiger partial charge on any atom is -0.271 e. The van der Waals surface area contributed by atoms with E-state index in [9.17, 15) is 0 Å². The molecule has 0 spiro atoms. The summed E-state index contributed by atoms with van der Waals surface area (Å²) in [5, 5.41) is 0.680. The molecule has 2 nitrogen and oxygen atoms in total. The molecule has 0 saturated carbocycles. The Hall–Kier alpha value is 0.450. The van der Waals surface area contributed by atoms with Crippen LogP contribution in [0.4, 0.5) is 0 Å². The summed E-state index contributed by atoms with van der Waals surface area (Å²) in [6.45, 7) is 0. The first-order valence-corrected chi connectivity index (χ1v) is 8.27. The van der Waals surface area contributed by atoms with Crippen LogP contribution in [0.15, 0.2) is 15.9 Å². The summed E-state index contributed by atoms with van der Waals surface area (Å²) in [6, 6.07) is 4.71. The summed E-state index contributed by atoms with van der Waals surface area (Å²) >= 11 is 7.38. The summed E-state index contributed by atoms with van der Waals surface area (Å²) in [6.07, 6.45) is 5.06. The number of halogens is 1. The van der Waals surface area contributed by atoms with E-state index in [4.69, 9.17) is 5.84 Å². The highest BCUT2D eigenvalue weighted by Gasteiger charge is 2.23. The first-order chi connectivity index (χ1) is 7.79. The van der Waals surface area contributed by atoms with Gasteiger partial charge in [0.1, 0.15) is 0 Å². The van der Waals surface area contributed by atoms with E-state index >= 15 is 0 Å². The number of hydrogen-bond donors (Lipinski definition) is 2. The lowest BCUT2D eigenvalue weighted by Crippen LogP contribution is -2.44. The standard InChI is InChI=1S/C11H17BrN2S2/c12-11-5-4-8(16-11)7-9(14-13)10-3-1-2-6-15-10/h4-5,9-10,14H,1-3,6-7,13H2. The average molecular weight is 321 g/mol. The maximum atomic E-state index is 5.69. The van der Waals surface area contributed by atoms with Gasteiger partial charge in [0.05, 0.1) is 3.79 Å². The quantitative estimate of drug-likeness (QED) is 0.661. The largest absolute Gasteiger partial charge is 0.271 e. The molecule has 2 heterocycles. The van der Waals surface area contributed by atoms with Crippen molar-refractivity contribution in [3.8, 4) is 0 Å². The van der Waals surface area contributed by atoms with Crippen LogP contribution in [0.1, 0.15) is 24.1 Å². The molecule has 5 heteroatoms. The van der Waals surface area contributed by atoms with Crippen LogP contribution in [0.5, 0.6) is 0 Å². The van der Waals surface area contributed by atoms with Crippen LogP contribution in [0, 0.1) is 0 Å². The number of nitrogens with two attached hydrogens (primary N) is 1. The van der Waals surface area contributed by atoms with E-state index in [1.165, 1.54) is 33.7 Å². The third kappa shape index (κ3) is 3.47. The van der Waals surface area contributed by atoms with E-state index in [2.05, 4.69) is 45.3 Å². The second-order valence-electron chi connectivity index (χ2n) is 4.09. The lowest BCUT2D eigenvalue weighted by Gasteiger charge is -2.29.